The lowest BCUT2D eigenvalue weighted by Gasteiger charge is -2.34. The summed E-state index contributed by atoms with van der Waals surface area (Å²) in [6.07, 6.45) is 0.998. The highest BCUT2D eigenvalue weighted by Gasteiger charge is 2.20. The predicted octanol–water partition coefficient (Wildman–Crippen LogP) is 1.74. The Labute approximate surface area is 177 Å². The Morgan fingerprint density at radius 2 is 1.83 bits per heavy atom. The van der Waals surface area contributed by atoms with Crippen LogP contribution >= 0.6 is 0 Å². The lowest BCUT2D eigenvalue weighted by molar-refractivity contribution is -0.117. The van der Waals surface area contributed by atoms with Gasteiger partial charge in [-0.15, -0.1) is 0 Å². The number of carbonyl (C=O) groups excluding carboxylic acids is 2. The Bertz CT molecular complexity index is 922. The van der Waals surface area contributed by atoms with Crippen LogP contribution in [-0.4, -0.2) is 68.0 Å². The van der Waals surface area contributed by atoms with Gasteiger partial charge in [0.05, 0.1) is 13.2 Å². The van der Waals surface area contributed by atoms with Crippen LogP contribution in [0.1, 0.15) is 21.5 Å². The van der Waals surface area contributed by atoms with E-state index in [0.29, 0.717) is 17.8 Å². The highest BCUT2D eigenvalue weighted by molar-refractivity contribution is 5.97. The topological polar surface area (TPSA) is 73.9 Å². The molecule has 0 unspecified atom stereocenters. The zero-order chi connectivity index (χ0) is 20.9. The second-order valence-corrected chi connectivity index (χ2v) is 7.80. The van der Waals surface area contributed by atoms with Gasteiger partial charge in [0.25, 0.3) is 5.91 Å². The zero-order valence-corrected chi connectivity index (χ0v) is 17.3. The number of rotatable bonds is 6. The molecule has 1 saturated heterocycles. The normalized spacial score (nSPS) is 16.6. The summed E-state index contributed by atoms with van der Waals surface area (Å²) in [6, 6.07) is 13.5. The fourth-order valence-corrected chi connectivity index (χ4v) is 3.99. The molecule has 7 heteroatoms. The number of amides is 2. The second kappa shape index (κ2) is 9.28. The van der Waals surface area contributed by atoms with Crippen LogP contribution in [0, 0.1) is 0 Å². The molecule has 158 valence electrons. The van der Waals surface area contributed by atoms with Crippen molar-refractivity contribution in [3.63, 3.8) is 0 Å². The van der Waals surface area contributed by atoms with Gasteiger partial charge >= 0.3 is 0 Å². The minimum atomic E-state index is -0.168. The Hall–Kier alpha value is -2.90. The van der Waals surface area contributed by atoms with Gasteiger partial charge in [-0.05, 0) is 35.4 Å². The van der Waals surface area contributed by atoms with Gasteiger partial charge in [0, 0.05) is 57.4 Å². The van der Waals surface area contributed by atoms with Crippen LogP contribution < -0.4 is 15.4 Å². The summed E-state index contributed by atoms with van der Waals surface area (Å²) in [5.74, 6) is 0.796. The predicted molar refractivity (Wildman–Crippen MR) is 116 cm³/mol. The van der Waals surface area contributed by atoms with Gasteiger partial charge in [0.2, 0.25) is 5.91 Å². The van der Waals surface area contributed by atoms with Crippen molar-refractivity contribution in [3.8, 4) is 5.75 Å². The Morgan fingerprint density at radius 1 is 1.03 bits per heavy atom. The van der Waals surface area contributed by atoms with Crippen LogP contribution in [0.4, 0.5) is 5.69 Å². The summed E-state index contributed by atoms with van der Waals surface area (Å²) >= 11 is 0. The minimum absolute atomic E-state index is 0.0591. The number of nitrogens with zero attached hydrogens (tertiary/aromatic N) is 2. The molecule has 2 aliphatic heterocycles. The number of piperazine rings is 1. The van der Waals surface area contributed by atoms with E-state index in [-0.39, 0.29) is 11.8 Å². The maximum atomic E-state index is 12.4. The molecule has 4 rings (SSSR count). The van der Waals surface area contributed by atoms with Gasteiger partial charge in [-0.25, -0.2) is 0 Å². The van der Waals surface area contributed by atoms with Crippen LogP contribution in [0.3, 0.4) is 0 Å². The quantitative estimate of drug-likeness (QED) is 0.762. The van der Waals surface area contributed by atoms with Gasteiger partial charge < -0.3 is 15.4 Å². The molecule has 0 aliphatic carbocycles. The molecule has 0 saturated carbocycles. The number of anilines is 1. The van der Waals surface area contributed by atoms with Crippen molar-refractivity contribution >= 4 is 17.5 Å². The number of carbonyl (C=O) groups is 2. The highest BCUT2D eigenvalue weighted by atomic mass is 16.5. The van der Waals surface area contributed by atoms with Crippen molar-refractivity contribution in [2.24, 2.45) is 0 Å². The number of benzene rings is 2. The zero-order valence-electron chi connectivity index (χ0n) is 17.3. The van der Waals surface area contributed by atoms with Crippen LogP contribution in [0.15, 0.2) is 42.5 Å². The first-order valence-corrected chi connectivity index (χ1v) is 10.4. The fourth-order valence-electron chi connectivity index (χ4n) is 3.99. The van der Waals surface area contributed by atoms with E-state index in [1.165, 1.54) is 11.1 Å². The fraction of sp³-hybridized carbons (Fsp3) is 0.391. The third-order valence-electron chi connectivity index (χ3n) is 5.63. The average Bonchev–Trinajstić information content (AvgIpc) is 3.22. The summed E-state index contributed by atoms with van der Waals surface area (Å²) < 4.78 is 5.58. The van der Waals surface area contributed by atoms with Gasteiger partial charge in [0.1, 0.15) is 5.75 Å². The third-order valence-corrected chi connectivity index (χ3v) is 5.63. The molecular formula is C23H28N4O3. The van der Waals surface area contributed by atoms with Crippen LogP contribution in [0.25, 0.3) is 0 Å². The monoisotopic (exact) mass is 408 g/mol. The maximum Gasteiger partial charge on any atom is 0.251 e. The van der Waals surface area contributed by atoms with Crippen molar-refractivity contribution in [1.29, 1.82) is 0 Å². The van der Waals surface area contributed by atoms with Crippen molar-refractivity contribution in [3.05, 3.63) is 59.2 Å². The molecule has 2 heterocycles. The summed E-state index contributed by atoms with van der Waals surface area (Å²) in [5.41, 5.74) is 3.80. The standard InChI is InChI=1S/C23H28N4O3/c1-24-23(29)19-3-2-4-20(14-19)25-22(28)16-27-10-8-26(9-11-27)15-17-5-6-21-18(13-17)7-12-30-21/h2-6,13-14H,7-12,15-16H2,1H3,(H,24,29)(H,25,28). The molecular weight excluding hydrogens is 380 g/mol. The van der Waals surface area contributed by atoms with Gasteiger partial charge in [-0.1, -0.05) is 18.2 Å². The highest BCUT2D eigenvalue weighted by Crippen LogP contribution is 2.26. The van der Waals surface area contributed by atoms with Crippen LogP contribution in [-0.2, 0) is 17.8 Å². The lowest BCUT2D eigenvalue weighted by atomic mass is 10.1. The Kier molecular flexibility index (Phi) is 6.30. The molecule has 0 atom stereocenters. The number of fused-ring (bicyclic) bond motifs is 1. The molecule has 7 nitrogen and oxygen atoms in total. The molecule has 0 aromatic heterocycles. The second-order valence-electron chi connectivity index (χ2n) is 7.80. The van der Waals surface area contributed by atoms with E-state index in [2.05, 4.69) is 38.6 Å². The molecule has 2 aromatic rings. The maximum absolute atomic E-state index is 12.4. The first-order valence-electron chi connectivity index (χ1n) is 10.4. The number of ether oxygens (including phenoxy) is 1. The molecule has 0 spiro atoms. The van der Waals surface area contributed by atoms with Crippen LogP contribution in [0.5, 0.6) is 5.75 Å². The first-order chi connectivity index (χ1) is 14.6. The largest absolute Gasteiger partial charge is 0.493 e. The van der Waals surface area contributed by atoms with Gasteiger partial charge in [0.15, 0.2) is 0 Å². The number of nitrogens with one attached hydrogen (secondary N) is 2. The van der Waals surface area contributed by atoms with E-state index in [1.807, 2.05) is 0 Å². The molecule has 0 radical (unpaired) electrons. The van der Waals surface area contributed by atoms with Crippen molar-refractivity contribution in [2.45, 2.75) is 13.0 Å². The number of hydrogen-bond donors (Lipinski definition) is 2. The lowest BCUT2D eigenvalue weighted by Crippen LogP contribution is -2.48. The molecule has 30 heavy (non-hydrogen) atoms. The summed E-state index contributed by atoms with van der Waals surface area (Å²) in [4.78, 5) is 28.8. The molecule has 2 aromatic carbocycles. The number of hydrogen-bond acceptors (Lipinski definition) is 5. The molecule has 1 fully saturated rings. The summed E-state index contributed by atoms with van der Waals surface area (Å²) in [5, 5.41) is 5.49. The summed E-state index contributed by atoms with van der Waals surface area (Å²) in [6.45, 7) is 5.67. The summed E-state index contributed by atoms with van der Waals surface area (Å²) in [7, 11) is 1.59. The van der Waals surface area contributed by atoms with Gasteiger partial charge in [-0.2, -0.15) is 0 Å². The average molecular weight is 409 g/mol. The molecule has 2 amide bonds. The van der Waals surface area contributed by atoms with E-state index in [1.54, 1.807) is 31.3 Å². The first kappa shape index (κ1) is 20.4. The Morgan fingerprint density at radius 3 is 2.63 bits per heavy atom. The van der Waals surface area contributed by atoms with E-state index in [0.717, 1.165) is 51.5 Å². The molecule has 2 N–H and O–H groups in total. The Balaban J connectivity index is 1.23. The van der Waals surface area contributed by atoms with Crippen molar-refractivity contribution in [1.82, 2.24) is 15.1 Å². The third kappa shape index (κ3) is 4.98. The van der Waals surface area contributed by atoms with Crippen LogP contribution in [0.2, 0.25) is 0 Å². The van der Waals surface area contributed by atoms with E-state index in [4.69, 9.17) is 4.74 Å². The van der Waals surface area contributed by atoms with Crippen molar-refractivity contribution < 1.29 is 14.3 Å². The smallest absolute Gasteiger partial charge is 0.251 e. The van der Waals surface area contributed by atoms with E-state index in [9.17, 15) is 9.59 Å². The van der Waals surface area contributed by atoms with Gasteiger partial charge in [-0.3, -0.25) is 19.4 Å². The minimum Gasteiger partial charge on any atom is -0.493 e. The molecule has 2 aliphatic rings. The van der Waals surface area contributed by atoms with E-state index >= 15 is 0 Å². The SMILES string of the molecule is CNC(=O)c1cccc(NC(=O)CN2CCN(Cc3ccc4c(c3)CCO4)CC2)c1. The van der Waals surface area contributed by atoms with E-state index < -0.39 is 0 Å². The molecule has 0 bridgehead atoms. The van der Waals surface area contributed by atoms with Crippen molar-refractivity contribution in [2.75, 3.05) is 51.7 Å².